The number of hydrogen-bond donors (Lipinski definition) is 0. The second kappa shape index (κ2) is 11.9. The largest absolute Gasteiger partial charge is 0.497 e. The van der Waals surface area contributed by atoms with Crippen LogP contribution in [0.4, 0.5) is 10.1 Å². The van der Waals surface area contributed by atoms with E-state index >= 15 is 0 Å². The van der Waals surface area contributed by atoms with Gasteiger partial charge in [0.05, 0.1) is 25.8 Å². The molecule has 0 amide bonds. The molecule has 0 radical (unpaired) electrons. The van der Waals surface area contributed by atoms with Crippen molar-refractivity contribution in [1.82, 2.24) is 5.16 Å². The van der Waals surface area contributed by atoms with Gasteiger partial charge in [0.2, 0.25) is 0 Å². The van der Waals surface area contributed by atoms with Gasteiger partial charge in [0, 0.05) is 35.8 Å². The highest BCUT2D eigenvalue weighted by Crippen LogP contribution is 2.37. The summed E-state index contributed by atoms with van der Waals surface area (Å²) in [5, 5.41) is 4.06. The standard InChI is InChI=1S/C33H35FN2O4/c1-5-39-33(37)18-28-17-26(32-15-22(3)35-40-32)20-36(28)27-10-6-23(7-11-27)16-24-8-9-25(14-21(24)2)30-19-29(38-4)12-13-31(30)34/h6-15,19,26,28H,5,16-18,20H2,1-4H3/t26-,28?/m1/s1. The van der Waals surface area contributed by atoms with Crippen molar-refractivity contribution >= 4 is 11.7 Å². The Bertz CT molecular complexity index is 1480. The van der Waals surface area contributed by atoms with Gasteiger partial charge in [-0.2, -0.15) is 0 Å². The fourth-order valence-corrected chi connectivity index (χ4v) is 5.56. The van der Waals surface area contributed by atoms with Gasteiger partial charge in [-0.25, -0.2) is 4.39 Å². The molecule has 6 nitrogen and oxygen atoms in total. The van der Waals surface area contributed by atoms with E-state index in [-0.39, 0.29) is 23.7 Å². The zero-order chi connectivity index (χ0) is 28.2. The summed E-state index contributed by atoms with van der Waals surface area (Å²) < 4.78 is 30.6. The van der Waals surface area contributed by atoms with Crippen LogP contribution in [0.15, 0.2) is 71.3 Å². The number of ether oxygens (including phenoxy) is 2. The molecule has 0 bridgehead atoms. The summed E-state index contributed by atoms with van der Waals surface area (Å²) in [6.07, 6.45) is 1.90. The van der Waals surface area contributed by atoms with Crippen molar-refractivity contribution in [3.8, 4) is 16.9 Å². The third-order valence-electron chi connectivity index (χ3n) is 7.66. The second-order valence-corrected chi connectivity index (χ2v) is 10.4. The molecule has 1 aliphatic rings. The number of anilines is 1. The number of benzene rings is 3. The minimum atomic E-state index is -0.271. The van der Waals surface area contributed by atoms with E-state index in [0.29, 0.717) is 24.3 Å². The smallest absolute Gasteiger partial charge is 0.307 e. The fourth-order valence-electron chi connectivity index (χ4n) is 5.56. The zero-order valence-corrected chi connectivity index (χ0v) is 23.4. The molecule has 1 aliphatic heterocycles. The third-order valence-corrected chi connectivity index (χ3v) is 7.66. The van der Waals surface area contributed by atoms with E-state index in [1.54, 1.807) is 19.2 Å². The molecule has 40 heavy (non-hydrogen) atoms. The molecule has 1 fully saturated rings. The molecule has 2 heterocycles. The van der Waals surface area contributed by atoms with Crippen LogP contribution in [0.3, 0.4) is 0 Å². The first kappa shape index (κ1) is 27.4. The molecule has 0 N–H and O–H groups in total. The lowest BCUT2D eigenvalue weighted by molar-refractivity contribution is -0.143. The molecule has 1 unspecified atom stereocenters. The maximum Gasteiger partial charge on any atom is 0.307 e. The van der Waals surface area contributed by atoms with Crippen LogP contribution < -0.4 is 9.64 Å². The Balaban J connectivity index is 1.32. The molecular formula is C33H35FN2O4. The molecule has 3 aromatic carbocycles. The van der Waals surface area contributed by atoms with Crippen LogP contribution in [0.25, 0.3) is 11.1 Å². The molecule has 208 valence electrons. The van der Waals surface area contributed by atoms with Gasteiger partial charge >= 0.3 is 5.97 Å². The predicted molar refractivity (Wildman–Crippen MR) is 153 cm³/mol. The van der Waals surface area contributed by atoms with Crippen molar-refractivity contribution in [2.45, 2.75) is 52.0 Å². The van der Waals surface area contributed by atoms with Gasteiger partial charge in [0.25, 0.3) is 0 Å². The maximum atomic E-state index is 14.5. The lowest BCUT2D eigenvalue weighted by Crippen LogP contribution is -2.31. The normalized spacial score (nSPS) is 16.8. The van der Waals surface area contributed by atoms with E-state index in [1.165, 1.54) is 17.2 Å². The molecule has 0 saturated carbocycles. The first-order valence-electron chi connectivity index (χ1n) is 13.7. The van der Waals surface area contributed by atoms with Crippen LogP contribution in [0, 0.1) is 19.7 Å². The van der Waals surface area contributed by atoms with Crippen LogP contribution in [0.5, 0.6) is 5.75 Å². The Morgan fingerprint density at radius 1 is 1.07 bits per heavy atom. The highest BCUT2D eigenvalue weighted by Gasteiger charge is 2.36. The maximum absolute atomic E-state index is 14.5. The van der Waals surface area contributed by atoms with E-state index in [4.69, 9.17) is 14.0 Å². The molecule has 4 aromatic rings. The summed E-state index contributed by atoms with van der Waals surface area (Å²) in [5.41, 5.74) is 6.74. The lowest BCUT2D eigenvalue weighted by Gasteiger charge is -2.26. The Kier molecular flexibility index (Phi) is 8.19. The molecule has 5 rings (SSSR count). The van der Waals surface area contributed by atoms with Gasteiger partial charge in [0.15, 0.2) is 0 Å². The van der Waals surface area contributed by atoms with E-state index < -0.39 is 0 Å². The zero-order valence-electron chi connectivity index (χ0n) is 23.4. The van der Waals surface area contributed by atoms with Crippen molar-refractivity contribution < 1.29 is 23.2 Å². The summed E-state index contributed by atoms with van der Waals surface area (Å²) >= 11 is 0. The SMILES string of the molecule is CCOC(=O)CC1C[C@@H](c2cc(C)no2)CN1c1ccc(Cc2ccc(-c3cc(OC)ccc3F)cc2C)cc1. The Labute approximate surface area is 234 Å². The number of esters is 1. The molecule has 2 atom stereocenters. The average molecular weight is 543 g/mol. The first-order valence-corrected chi connectivity index (χ1v) is 13.7. The van der Waals surface area contributed by atoms with E-state index in [9.17, 15) is 9.18 Å². The Morgan fingerprint density at radius 3 is 2.55 bits per heavy atom. The van der Waals surface area contributed by atoms with Crippen molar-refractivity contribution in [3.63, 3.8) is 0 Å². The van der Waals surface area contributed by atoms with Gasteiger partial charge in [0.1, 0.15) is 17.3 Å². The summed E-state index contributed by atoms with van der Waals surface area (Å²) in [6.45, 7) is 6.93. The fraction of sp³-hybridized carbons (Fsp3) is 0.333. The molecule has 7 heteroatoms. The minimum absolute atomic E-state index is 0.0205. The quantitative estimate of drug-likeness (QED) is 0.212. The number of carbonyl (C=O) groups is 1. The van der Waals surface area contributed by atoms with Crippen LogP contribution >= 0.6 is 0 Å². The van der Waals surface area contributed by atoms with Gasteiger partial charge < -0.3 is 18.9 Å². The summed E-state index contributed by atoms with van der Waals surface area (Å²) in [4.78, 5) is 14.6. The molecular weight excluding hydrogens is 507 g/mol. The molecule has 0 aliphatic carbocycles. The number of nitrogens with zero attached hydrogens (tertiary/aromatic N) is 2. The summed E-state index contributed by atoms with van der Waals surface area (Å²) in [7, 11) is 1.58. The Morgan fingerprint density at radius 2 is 1.88 bits per heavy atom. The number of carbonyl (C=O) groups excluding carboxylic acids is 1. The van der Waals surface area contributed by atoms with Crippen molar-refractivity contribution in [2.75, 3.05) is 25.2 Å². The van der Waals surface area contributed by atoms with Crippen LogP contribution in [-0.2, 0) is 16.0 Å². The Hall–Kier alpha value is -4.13. The number of halogens is 1. The van der Waals surface area contributed by atoms with Gasteiger partial charge in [-0.15, -0.1) is 0 Å². The van der Waals surface area contributed by atoms with E-state index in [1.807, 2.05) is 32.0 Å². The topological polar surface area (TPSA) is 64.8 Å². The highest BCUT2D eigenvalue weighted by molar-refractivity contribution is 5.71. The van der Waals surface area contributed by atoms with Gasteiger partial charge in [-0.3, -0.25) is 4.79 Å². The monoisotopic (exact) mass is 542 g/mol. The van der Waals surface area contributed by atoms with E-state index in [0.717, 1.165) is 47.7 Å². The van der Waals surface area contributed by atoms with Gasteiger partial charge in [-0.1, -0.05) is 35.5 Å². The van der Waals surface area contributed by atoms with Crippen molar-refractivity contribution in [1.29, 1.82) is 0 Å². The number of aromatic nitrogens is 1. The first-order chi connectivity index (χ1) is 19.3. The highest BCUT2D eigenvalue weighted by atomic mass is 19.1. The number of rotatable bonds is 9. The molecule has 0 spiro atoms. The van der Waals surface area contributed by atoms with Gasteiger partial charge in [-0.05, 0) is 86.2 Å². The van der Waals surface area contributed by atoms with Crippen LogP contribution in [-0.4, -0.2) is 37.4 Å². The van der Waals surface area contributed by atoms with E-state index in [2.05, 4.69) is 47.3 Å². The number of hydrogen-bond acceptors (Lipinski definition) is 6. The van der Waals surface area contributed by atoms with Crippen LogP contribution in [0.2, 0.25) is 0 Å². The van der Waals surface area contributed by atoms with Crippen LogP contribution in [0.1, 0.15) is 53.8 Å². The predicted octanol–water partition coefficient (Wildman–Crippen LogP) is 7.01. The average Bonchev–Trinajstić information content (AvgIpc) is 3.57. The third kappa shape index (κ3) is 6.03. The van der Waals surface area contributed by atoms with Crippen molar-refractivity contribution in [3.05, 3.63) is 101 Å². The lowest BCUT2D eigenvalue weighted by atomic mass is 9.95. The van der Waals surface area contributed by atoms with Crippen molar-refractivity contribution in [2.24, 2.45) is 0 Å². The summed E-state index contributed by atoms with van der Waals surface area (Å²) in [5.74, 6) is 1.20. The summed E-state index contributed by atoms with van der Waals surface area (Å²) in [6, 6.07) is 21.4. The molecule has 1 aromatic heterocycles. The second-order valence-electron chi connectivity index (χ2n) is 10.4. The number of aryl methyl sites for hydroxylation is 2. The minimum Gasteiger partial charge on any atom is -0.497 e. The number of methoxy groups -OCH3 is 1. The molecule has 1 saturated heterocycles.